The fourth-order valence-corrected chi connectivity index (χ4v) is 3.18. The van der Waals surface area contributed by atoms with E-state index in [1.54, 1.807) is 14.2 Å². The van der Waals surface area contributed by atoms with E-state index in [-0.39, 0.29) is 0 Å². The summed E-state index contributed by atoms with van der Waals surface area (Å²) >= 11 is 0. The van der Waals surface area contributed by atoms with Gasteiger partial charge in [-0.15, -0.1) is 0 Å². The van der Waals surface area contributed by atoms with Crippen molar-refractivity contribution in [2.75, 3.05) is 14.2 Å². The Bertz CT molecular complexity index is 462. The number of hydrogen-bond donors (Lipinski definition) is 0. The van der Waals surface area contributed by atoms with Gasteiger partial charge in [-0.3, -0.25) is 0 Å². The highest BCUT2D eigenvalue weighted by Gasteiger charge is 2.25. The molecule has 2 atom stereocenters. The third kappa shape index (κ3) is 3.12. The Morgan fingerprint density at radius 1 is 1.26 bits per heavy atom. The largest absolute Gasteiger partial charge is 0.504 e. The summed E-state index contributed by atoms with van der Waals surface area (Å²) in [6.07, 6.45) is 5.42. The van der Waals surface area contributed by atoms with Crippen LogP contribution in [0.25, 0.3) is 0 Å². The average Bonchev–Trinajstić information content (AvgIpc) is 2.39. The number of methoxy groups -OCH3 is 2. The Morgan fingerprint density at radius 2 is 2.05 bits per heavy atom. The monoisotopic (exact) mass is 260 g/mol. The highest BCUT2D eigenvalue weighted by Crippen LogP contribution is 2.40. The molecule has 0 aromatic heterocycles. The summed E-state index contributed by atoms with van der Waals surface area (Å²) in [6, 6.07) is 6.60. The van der Waals surface area contributed by atoms with Gasteiger partial charge in [0, 0.05) is 0 Å². The smallest absolute Gasteiger partial charge is 0.121 e. The fourth-order valence-electron chi connectivity index (χ4n) is 3.18. The van der Waals surface area contributed by atoms with Gasteiger partial charge in [-0.2, -0.15) is 0 Å². The van der Waals surface area contributed by atoms with Crippen LogP contribution in [0.2, 0.25) is 0 Å². The van der Waals surface area contributed by atoms with Gasteiger partial charge in [-0.25, -0.2) is 0 Å². The van der Waals surface area contributed by atoms with Gasteiger partial charge in [-0.1, -0.05) is 19.1 Å². The third-order valence-electron chi connectivity index (χ3n) is 4.18. The van der Waals surface area contributed by atoms with E-state index in [2.05, 4.69) is 32.0 Å². The summed E-state index contributed by atoms with van der Waals surface area (Å²) in [5.74, 6) is 2.30. The first kappa shape index (κ1) is 14.0. The quantitative estimate of drug-likeness (QED) is 0.748. The Hall–Kier alpha value is -1.44. The molecular weight excluding hydrogens is 236 g/mol. The third-order valence-corrected chi connectivity index (χ3v) is 4.18. The highest BCUT2D eigenvalue weighted by atomic mass is 16.5. The highest BCUT2D eigenvalue weighted by molar-refractivity contribution is 5.38. The molecule has 1 aliphatic carbocycles. The molecule has 1 aliphatic rings. The topological polar surface area (TPSA) is 18.5 Å². The van der Waals surface area contributed by atoms with Gasteiger partial charge in [0.1, 0.15) is 5.75 Å². The minimum absolute atomic E-state index is 0.651. The van der Waals surface area contributed by atoms with Crippen molar-refractivity contribution in [3.8, 4) is 5.75 Å². The van der Waals surface area contributed by atoms with E-state index in [1.165, 1.54) is 23.1 Å². The van der Waals surface area contributed by atoms with Crippen LogP contribution in [0.4, 0.5) is 0 Å². The minimum Gasteiger partial charge on any atom is -0.504 e. The molecule has 0 N–H and O–H groups in total. The van der Waals surface area contributed by atoms with Crippen LogP contribution in [0.15, 0.2) is 30.0 Å². The molecule has 0 spiro atoms. The second kappa shape index (κ2) is 6.14. The molecular formula is C17H24O2. The molecule has 2 nitrogen and oxygen atoms in total. The molecule has 2 unspecified atom stereocenters. The van der Waals surface area contributed by atoms with Crippen molar-refractivity contribution in [2.45, 2.75) is 39.0 Å². The molecule has 0 radical (unpaired) electrons. The van der Waals surface area contributed by atoms with Gasteiger partial charge in [-0.05, 0) is 60.8 Å². The van der Waals surface area contributed by atoms with Crippen molar-refractivity contribution in [1.82, 2.24) is 0 Å². The zero-order chi connectivity index (χ0) is 13.8. The SMILES string of the molecule is COC=C1CCC(c2ccc(OC)c(C)c2)C(C)C1. The van der Waals surface area contributed by atoms with Crippen LogP contribution in [0.3, 0.4) is 0 Å². The number of aryl methyl sites for hydroxylation is 1. The van der Waals surface area contributed by atoms with Crippen LogP contribution in [-0.4, -0.2) is 14.2 Å². The molecule has 0 aliphatic heterocycles. The molecule has 104 valence electrons. The normalized spacial score (nSPS) is 25.4. The van der Waals surface area contributed by atoms with E-state index in [0.717, 1.165) is 18.6 Å². The van der Waals surface area contributed by atoms with Crippen molar-refractivity contribution in [2.24, 2.45) is 5.92 Å². The zero-order valence-corrected chi connectivity index (χ0v) is 12.4. The maximum absolute atomic E-state index is 5.34. The van der Waals surface area contributed by atoms with Crippen molar-refractivity contribution in [3.63, 3.8) is 0 Å². The predicted octanol–water partition coefficient (Wildman–Crippen LogP) is 4.44. The second-order valence-electron chi connectivity index (χ2n) is 5.57. The van der Waals surface area contributed by atoms with Crippen molar-refractivity contribution in [3.05, 3.63) is 41.2 Å². The Morgan fingerprint density at radius 3 is 2.63 bits per heavy atom. The van der Waals surface area contributed by atoms with E-state index >= 15 is 0 Å². The molecule has 0 heterocycles. The van der Waals surface area contributed by atoms with Gasteiger partial charge in [0.2, 0.25) is 0 Å². The average molecular weight is 260 g/mol. The number of allylic oxidation sites excluding steroid dienone is 1. The van der Waals surface area contributed by atoms with Gasteiger partial charge in [0.25, 0.3) is 0 Å². The molecule has 1 saturated carbocycles. The molecule has 0 amide bonds. The second-order valence-corrected chi connectivity index (χ2v) is 5.57. The van der Waals surface area contributed by atoms with Crippen molar-refractivity contribution >= 4 is 0 Å². The Labute approximate surface area is 116 Å². The lowest BCUT2D eigenvalue weighted by atomic mass is 9.74. The van der Waals surface area contributed by atoms with Crippen molar-refractivity contribution < 1.29 is 9.47 Å². The molecule has 1 fully saturated rings. The first-order valence-corrected chi connectivity index (χ1v) is 7.01. The van der Waals surface area contributed by atoms with Crippen LogP contribution >= 0.6 is 0 Å². The van der Waals surface area contributed by atoms with E-state index in [4.69, 9.17) is 9.47 Å². The minimum atomic E-state index is 0.651. The molecule has 0 bridgehead atoms. The first-order valence-electron chi connectivity index (χ1n) is 7.01. The maximum Gasteiger partial charge on any atom is 0.121 e. The summed E-state index contributed by atoms with van der Waals surface area (Å²) in [5.41, 5.74) is 4.11. The lowest BCUT2D eigenvalue weighted by Gasteiger charge is -2.31. The van der Waals surface area contributed by atoms with Crippen molar-refractivity contribution in [1.29, 1.82) is 0 Å². The van der Waals surface area contributed by atoms with Gasteiger partial charge in [0.05, 0.1) is 20.5 Å². The van der Waals surface area contributed by atoms with Gasteiger partial charge in [0.15, 0.2) is 0 Å². The fraction of sp³-hybridized carbons (Fsp3) is 0.529. The van der Waals surface area contributed by atoms with E-state index in [0.29, 0.717) is 11.8 Å². The Kier molecular flexibility index (Phi) is 4.52. The maximum atomic E-state index is 5.34. The van der Waals surface area contributed by atoms with E-state index in [9.17, 15) is 0 Å². The van der Waals surface area contributed by atoms with Crippen LogP contribution in [0.5, 0.6) is 5.75 Å². The summed E-state index contributed by atoms with van der Waals surface area (Å²) in [5, 5.41) is 0. The van der Waals surface area contributed by atoms with Crippen LogP contribution in [0, 0.1) is 12.8 Å². The summed E-state index contributed by atoms with van der Waals surface area (Å²) < 4.78 is 10.5. The lowest BCUT2D eigenvalue weighted by Crippen LogP contribution is -2.16. The molecule has 1 aromatic rings. The van der Waals surface area contributed by atoms with E-state index in [1.807, 2.05) is 6.26 Å². The standard InChI is InChI=1S/C17H24O2/c1-12-9-14(11-18-3)5-7-16(12)15-6-8-17(19-4)13(2)10-15/h6,8,10-12,16H,5,7,9H2,1-4H3. The molecule has 1 aromatic carbocycles. The first-order chi connectivity index (χ1) is 9.15. The summed E-state index contributed by atoms with van der Waals surface area (Å²) in [4.78, 5) is 0. The number of hydrogen-bond acceptors (Lipinski definition) is 2. The number of ether oxygens (including phenoxy) is 2. The molecule has 2 rings (SSSR count). The molecule has 19 heavy (non-hydrogen) atoms. The Balaban J connectivity index is 2.15. The van der Waals surface area contributed by atoms with Crippen LogP contribution in [0.1, 0.15) is 43.2 Å². The van der Waals surface area contributed by atoms with Gasteiger partial charge < -0.3 is 9.47 Å². The van der Waals surface area contributed by atoms with Crippen LogP contribution in [-0.2, 0) is 4.74 Å². The lowest BCUT2D eigenvalue weighted by molar-refractivity contribution is 0.314. The van der Waals surface area contributed by atoms with Crippen LogP contribution < -0.4 is 4.74 Å². The number of benzene rings is 1. The van der Waals surface area contributed by atoms with E-state index < -0.39 is 0 Å². The summed E-state index contributed by atoms with van der Waals surface area (Å²) in [7, 11) is 3.46. The van der Waals surface area contributed by atoms with Gasteiger partial charge >= 0.3 is 0 Å². The molecule has 2 heteroatoms. The molecule has 0 saturated heterocycles. The zero-order valence-electron chi connectivity index (χ0n) is 12.4. The number of rotatable bonds is 3. The summed E-state index contributed by atoms with van der Waals surface area (Å²) in [6.45, 7) is 4.46. The predicted molar refractivity (Wildman–Crippen MR) is 78.6 cm³/mol.